The van der Waals surface area contributed by atoms with E-state index in [-0.39, 0.29) is 13.2 Å². The predicted octanol–water partition coefficient (Wildman–Crippen LogP) is 0.463. The standard InChI is InChI=1S/C14H19NO3/c1-15(7-9-17)11-13-10-14(18-2)6-5-12(13)4-3-8-16/h5-6,10,16-17H,7-9,11H2,1-2H3. The van der Waals surface area contributed by atoms with Crippen LogP contribution in [0.2, 0.25) is 0 Å². The van der Waals surface area contributed by atoms with Crippen LogP contribution in [0.4, 0.5) is 0 Å². The summed E-state index contributed by atoms with van der Waals surface area (Å²) in [6.07, 6.45) is 0. The van der Waals surface area contributed by atoms with Gasteiger partial charge in [-0.1, -0.05) is 11.8 Å². The van der Waals surface area contributed by atoms with Crippen molar-refractivity contribution in [2.75, 3.05) is 33.9 Å². The number of likely N-dealkylation sites (N-methyl/N-ethyl adjacent to an activating group) is 1. The summed E-state index contributed by atoms with van der Waals surface area (Å²) in [6, 6.07) is 5.65. The van der Waals surface area contributed by atoms with Crippen molar-refractivity contribution in [1.29, 1.82) is 0 Å². The van der Waals surface area contributed by atoms with E-state index in [0.717, 1.165) is 16.9 Å². The molecule has 0 aliphatic heterocycles. The molecule has 0 aliphatic carbocycles. The molecule has 1 aromatic rings. The van der Waals surface area contributed by atoms with Gasteiger partial charge in [0.15, 0.2) is 0 Å². The zero-order chi connectivity index (χ0) is 13.4. The van der Waals surface area contributed by atoms with Gasteiger partial charge in [-0.3, -0.25) is 4.90 Å². The first-order chi connectivity index (χ1) is 8.71. The Morgan fingerprint density at radius 1 is 1.33 bits per heavy atom. The fraction of sp³-hybridized carbons (Fsp3) is 0.429. The number of methoxy groups -OCH3 is 1. The zero-order valence-electron chi connectivity index (χ0n) is 10.8. The quantitative estimate of drug-likeness (QED) is 0.745. The van der Waals surface area contributed by atoms with Gasteiger partial charge in [-0.15, -0.1) is 0 Å². The van der Waals surface area contributed by atoms with Crippen LogP contribution in [0, 0.1) is 11.8 Å². The lowest BCUT2D eigenvalue weighted by molar-refractivity contribution is 0.217. The molecule has 0 heterocycles. The third-order valence-corrected chi connectivity index (χ3v) is 2.54. The summed E-state index contributed by atoms with van der Waals surface area (Å²) in [7, 11) is 3.55. The van der Waals surface area contributed by atoms with Crippen molar-refractivity contribution >= 4 is 0 Å². The largest absolute Gasteiger partial charge is 0.497 e. The molecular weight excluding hydrogens is 230 g/mol. The van der Waals surface area contributed by atoms with Crippen molar-refractivity contribution in [1.82, 2.24) is 4.90 Å². The number of benzene rings is 1. The molecule has 0 fully saturated rings. The number of rotatable bonds is 5. The van der Waals surface area contributed by atoms with Crippen LogP contribution in [0.1, 0.15) is 11.1 Å². The number of aliphatic hydroxyl groups is 2. The number of aliphatic hydroxyl groups excluding tert-OH is 2. The highest BCUT2D eigenvalue weighted by Gasteiger charge is 2.06. The number of hydrogen-bond donors (Lipinski definition) is 2. The Morgan fingerprint density at radius 3 is 2.72 bits per heavy atom. The van der Waals surface area contributed by atoms with Gasteiger partial charge in [-0.25, -0.2) is 0 Å². The second-order valence-corrected chi connectivity index (χ2v) is 3.94. The van der Waals surface area contributed by atoms with Gasteiger partial charge in [0.1, 0.15) is 12.4 Å². The fourth-order valence-electron chi connectivity index (χ4n) is 1.63. The summed E-state index contributed by atoms with van der Waals surface area (Å²) in [5.74, 6) is 6.34. The highest BCUT2D eigenvalue weighted by molar-refractivity contribution is 5.45. The van der Waals surface area contributed by atoms with Gasteiger partial charge < -0.3 is 14.9 Å². The molecule has 0 radical (unpaired) electrons. The van der Waals surface area contributed by atoms with Crippen molar-refractivity contribution in [3.05, 3.63) is 29.3 Å². The van der Waals surface area contributed by atoms with E-state index in [0.29, 0.717) is 13.1 Å². The van der Waals surface area contributed by atoms with Crippen LogP contribution in [0.5, 0.6) is 5.75 Å². The molecule has 0 aromatic heterocycles. The predicted molar refractivity (Wildman–Crippen MR) is 70.4 cm³/mol. The average Bonchev–Trinajstić information content (AvgIpc) is 2.37. The van der Waals surface area contributed by atoms with Crippen molar-refractivity contribution in [3.8, 4) is 17.6 Å². The first-order valence-electron chi connectivity index (χ1n) is 5.77. The van der Waals surface area contributed by atoms with Gasteiger partial charge in [0.2, 0.25) is 0 Å². The van der Waals surface area contributed by atoms with Gasteiger partial charge in [0, 0.05) is 18.7 Å². The minimum absolute atomic E-state index is 0.123. The first kappa shape index (κ1) is 14.5. The van der Waals surface area contributed by atoms with E-state index in [4.69, 9.17) is 14.9 Å². The van der Waals surface area contributed by atoms with Gasteiger partial charge in [0.25, 0.3) is 0 Å². The fourth-order valence-corrected chi connectivity index (χ4v) is 1.63. The molecule has 1 rings (SSSR count). The smallest absolute Gasteiger partial charge is 0.119 e. The highest BCUT2D eigenvalue weighted by atomic mass is 16.5. The normalized spacial score (nSPS) is 10.1. The van der Waals surface area contributed by atoms with Crippen molar-refractivity contribution in [2.24, 2.45) is 0 Å². The Balaban J connectivity index is 2.96. The minimum Gasteiger partial charge on any atom is -0.497 e. The van der Waals surface area contributed by atoms with E-state index < -0.39 is 0 Å². The molecule has 0 unspecified atom stereocenters. The lowest BCUT2D eigenvalue weighted by Gasteiger charge is -2.16. The Hall–Kier alpha value is -1.54. The second kappa shape index (κ2) is 7.72. The molecule has 0 amide bonds. The van der Waals surface area contributed by atoms with Crippen LogP contribution >= 0.6 is 0 Å². The molecule has 0 aliphatic rings. The summed E-state index contributed by atoms with van der Waals surface area (Å²) in [6.45, 7) is 1.24. The second-order valence-electron chi connectivity index (χ2n) is 3.94. The zero-order valence-corrected chi connectivity index (χ0v) is 10.8. The SMILES string of the molecule is COc1ccc(C#CCO)c(CN(C)CCO)c1. The van der Waals surface area contributed by atoms with Crippen molar-refractivity contribution in [2.45, 2.75) is 6.54 Å². The maximum atomic E-state index is 8.90. The molecule has 0 saturated carbocycles. The van der Waals surface area contributed by atoms with Crippen LogP contribution in [0.15, 0.2) is 18.2 Å². The van der Waals surface area contributed by atoms with E-state index in [9.17, 15) is 0 Å². The monoisotopic (exact) mass is 249 g/mol. The highest BCUT2D eigenvalue weighted by Crippen LogP contribution is 2.18. The molecule has 4 heteroatoms. The van der Waals surface area contributed by atoms with Gasteiger partial charge in [-0.2, -0.15) is 0 Å². The van der Waals surface area contributed by atoms with Gasteiger partial charge in [-0.05, 0) is 30.8 Å². The minimum atomic E-state index is -0.155. The van der Waals surface area contributed by atoms with E-state index in [2.05, 4.69) is 11.8 Å². The molecule has 0 saturated heterocycles. The van der Waals surface area contributed by atoms with E-state index in [1.54, 1.807) is 7.11 Å². The molecular formula is C14H19NO3. The molecule has 98 valence electrons. The summed E-state index contributed by atoms with van der Waals surface area (Å²) in [4.78, 5) is 2.00. The molecule has 0 atom stereocenters. The molecule has 0 bridgehead atoms. The Labute approximate surface area is 108 Å². The third-order valence-electron chi connectivity index (χ3n) is 2.54. The van der Waals surface area contributed by atoms with E-state index in [1.807, 2.05) is 30.1 Å². The summed E-state index contributed by atoms with van der Waals surface area (Å²) in [5, 5.41) is 17.6. The average molecular weight is 249 g/mol. The molecule has 2 N–H and O–H groups in total. The van der Waals surface area contributed by atoms with Crippen molar-refractivity contribution < 1.29 is 14.9 Å². The first-order valence-corrected chi connectivity index (χ1v) is 5.77. The van der Waals surface area contributed by atoms with Crippen molar-refractivity contribution in [3.63, 3.8) is 0 Å². The lowest BCUT2D eigenvalue weighted by Crippen LogP contribution is -2.22. The summed E-state index contributed by atoms with van der Waals surface area (Å²) in [5.41, 5.74) is 1.89. The molecule has 4 nitrogen and oxygen atoms in total. The molecule has 0 spiro atoms. The Kier molecular flexibility index (Phi) is 6.23. The van der Waals surface area contributed by atoms with E-state index >= 15 is 0 Å². The topological polar surface area (TPSA) is 52.9 Å². The van der Waals surface area contributed by atoms with E-state index in [1.165, 1.54) is 0 Å². The number of nitrogens with zero attached hydrogens (tertiary/aromatic N) is 1. The Bertz CT molecular complexity index is 434. The van der Waals surface area contributed by atoms with Crippen LogP contribution in [-0.2, 0) is 6.54 Å². The van der Waals surface area contributed by atoms with Gasteiger partial charge in [0.05, 0.1) is 13.7 Å². The van der Waals surface area contributed by atoms with Crippen LogP contribution in [0.3, 0.4) is 0 Å². The summed E-state index contributed by atoms with van der Waals surface area (Å²) >= 11 is 0. The Morgan fingerprint density at radius 2 is 2.11 bits per heavy atom. The lowest BCUT2D eigenvalue weighted by atomic mass is 10.1. The molecule has 18 heavy (non-hydrogen) atoms. The van der Waals surface area contributed by atoms with Crippen LogP contribution in [0.25, 0.3) is 0 Å². The van der Waals surface area contributed by atoms with Crippen LogP contribution in [-0.4, -0.2) is 49.0 Å². The van der Waals surface area contributed by atoms with Crippen LogP contribution < -0.4 is 4.74 Å². The summed E-state index contributed by atoms with van der Waals surface area (Å²) < 4.78 is 5.19. The molecule has 1 aromatic carbocycles. The number of ether oxygens (including phenoxy) is 1. The van der Waals surface area contributed by atoms with Gasteiger partial charge >= 0.3 is 0 Å². The third kappa shape index (κ3) is 4.38. The number of hydrogen-bond acceptors (Lipinski definition) is 4. The maximum Gasteiger partial charge on any atom is 0.119 e. The maximum absolute atomic E-state index is 8.90.